The van der Waals surface area contributed by atoms with Crippen molar-refractivity contribution in [2.45, 2.75) is 58.6 Å². The van der Waals surface area contributed by atoms with Crippen molar-refractivity contribution in [2.24, 2.45) is 0 Å². The second-order valence-electron chi connectivity index (χ2n) is 6.93. The number of hydrazine groups is 1. The first-order valence-electron chi connectivity index (χ1n) is 9.21. The highest BCUT2D eigenvalue weighted by Crippen LogP contribution is 2.22. The van der Waals surface area contributed by atoms with Crippen molar-refractivity contribution in [2.75, 3.05) is 0 Å². The molecular formula is C19H26N4O6S. The molecule has 0 radical (unpaired) electrons. The molecule has 0 fully saturated rings. The predicted molar refractivity (Wildman–Crippen MR) is 108 cm³/mol. The fourth-order valence-electron chi connectivity index (χ4n) is 2.63. The zero-order valence-corrected chi connectivity index (χ0v) is 18.5. The van der Waals surface area contributed by atoms with Gasteiger partial charge < -0.3 is 9.26 Å². The smallest absolute Gasteiger partial charge is 0.279 e. The van der Waals surface area contributed by atoms with E-state index in [2.05, 4.69) is 20.7 Å². The van der Waals surface area contributed by atoms with Gasteiger partial charge in [-0.3, -0.25) is 20.4 Å². The summed E-state index contributed by atoms with van der Waals surface area (Å²) in [4.78, 5) is 24.3. The second-order valence-corrected chi connectivity index (χ2v) is 8.58. The number of amides is 2. The maximum Gasteiger partial charge on any atom is 0.279 e. The lowest BCUT2D eigenvalue weighted by molar-refractivity contribution is -0.133. The SMILES string of the molecule is Cc1cccc(OC(C)C(=O)NNC(=O)[C@@H](C)NS(=O)(=O)c2c(C)noc2C)c1C. The van der Waals surface area contributed by atoms with E-state index in [4.69, 9.17) is 9.26 Å². The molecule has 11 heteroatoms. The van der Waals surface area contributed by atoms with Crippen LogP contribution in [0.2, 0.25) is 0 Å². The van der Waals surface area contributed by atoms with Crippen molar-refractivity contribution >= 4 is 21.8 Å². The maximum absolute atomic E-state index is 12.5. The lowest BCUT2D eigenvalue weighted by Crippen LogP contribution is -2.53. The largest absolute Gasteiger partial charge is 0.481 e. The van der Waals surface area contributed by atoms with Crippen molar-refractivity contribution in [3.05, 3.63) is 40.8 Å². The minimum Gasteiger partial charge on any atom is -0.481 e. The molecule has 0 saturated heterocycles. The summed E-state index contributed by atoms with van der Waals surface area (Å²) in [6, 6.07) is 4.32. The van der Waals surface area contributed by atoms with Crippen molar-refractivity contribution in [1.29, 1.82) is 0 Å². The number of aromatic nitrogens is 1. The molecule has 2 atom stereocenters. The zero-order chi connectivity index (χ0) is 22.6. The molecule has 2 rings (SSSR count). The summed E-state index contributed by atoms with van der Waals surface area (Å²) in [5.41, 5.74) is 6.53. The van der Waals surface area contributed by atoms with Crippen LogP contribution in [0, 0.1) is 27.7 Å². The Balaban J connectivity index is 1.92. The first kappa shape index (κ1) is 23.4. The molecule has 0 aliphatic carbocycles. The van der Waals surface area contributed by atoms with E-state index in [0.717, 1.165) is 11.1 Å². The van der Waals surface area contributed by atoms with Crippen molar-refractivity contribution in [1.82, 2.24) is 20.7 Å². The van der Waals surface area contributed by atoms with Crippen LogP contribution in [0.15, 0.2) is 27.6 Å². The molecule has 1 aromatic heterocycles. The monoisotopic (exact) mass is 438 g/mol. The van der Waals surface area contributed by atoms with E-state index >= 15 is 0 Å². The third-order valence-corrected chi connectivity index (χ3v) is 6.28. The van der Waals surface area contributed by atoms with Crippen LogP contribution in [-0.2, 0) is 19.6 Å². The topological polar surface area (TPSA) is 140 Å². The summed E-state index contributed by atoms with van der Waals surface area (Å²) in [5.74, 6) is -0.675. The first-order chi connectivity index (χ1) is 13.9. The molecular weight excluding hydrogens is 412 g/mol. The Hall–Kier alpha value is -2.92. The average Bonchev–Trinajstić information content (AvgIpc) is 3.01. The lowest BCUT2D eigenvalue weighted by atomic mass is 10.1. The van der Waals surface area contributed by atoms with Crippen LogP contribution in [0.1, 0.15) is 36.4 Å². The summed E-state index contributed by atoms with van der Waals surface area (Å²) in [5, 5.41) is 3.59. The van der Waals surface area contributed by atoms with Crippen LogP contribution in [0.25, 0.3) is 0 Å². The van der Waals surface area contributed by atoms with Gasteiger partial charge in [-0.1, -0.05) is 17.3 Å². The Kier molecular flexibility index (Phi) is 7.21. The fourth-order valence-corrected chi connectivity index (χ4v) is 4.16. The molecule has 0 aliphatic rings. The molecule has 0 bridgehead atoms. The molecule has 1 unspecified atom stereocenters. The summed E-state index contributed by atoms with van der Waals surface area (Å²) in [6.45, 7) is 9.62. The molecule has 0 spiro atoms. The minimum atomic E-state index is -4.03. The van der Waals surface area contributed by atoms with E-state index in [-0.39, 0.29) is 16.3 Å². The highest BCUT2D eigenvalue weighted by atomic mass is 32.2. The van der Waals surface area contributed by atoms with Gasteiger partial charge in [0.05, 0.1) is 6.04 Å². The molecule has 1 aromatic carbocycles. The number of hydrogen-bond acceptors (Lipinski definition) is 7. The van der Waals surface area contributed by atoms with E-state index in [1.54, 1.807) is 6.07 Å². The zero-order valence-electron chi connectivity index (χ0n) is 17.7. The molecule has 30 heavy (non-hydrogen) atoms. The standard InChI is InChI=1S/C19H26N4O6S/c1-10-8-7-9-16(11(10)2)28-15(6)19(25)21-20-18(24)13(4)23-30(26,27)17-12(3)22-29-14(17)5/h7-9,13,15,23H,1-6H3,(H,20,24)(H,21,25)/t13-,15?/m1/s1. The highest BCUT2D eigenvalue weighted by Gasteiger charge is 2.28. The van der Waals surface area contributed by atoms with Gasteiger partial charge in [0.2, 0.25) is 10.0 Å². The second kappa shape index (κ2) is 9.26. The van der Waals surface area contributed by atoms with Gasteiger partial charge in [0.25, 0.3) is 11.8 Å². The number of carbonyl (C=O) groups excluding carboxylic acids is 2. The predicted octanol–water partition coefficient (Wildman–Crippen LogP) is 1.19. The molecule has 164 valence electrons. The summed E-state index contributed by atoms with van der Waals surface area (Å²) in [6.07, 6.45) is -0.889. The summed E-state index contributed by atoms with van der Waals surface area (Å²) >= 11 is 0. The van der Waals surface area contributed by atoms with Crippen LogP contribution < -0.4 is 20.3 Å². The number of nitrogens with zero attached hydrogens (tertiary/aromatic N) is 1. The van der Waals surface area contributed by atoms with Gasteiger partial charge in [0.15, 0.2) is 11.9 Å². The van der Waals surface area contributed by atoms with Crippen LogP contribution in [0.5, 0.6) is 5.75 Å². The Morgan fingerprint density at radius 3 is 2.30 bits per heavy atom. The minimum absolute atomic E-state index is 0.110. The molecule has 1 heterocycles. The molecule has 2 aromatic rings. The average molecular weight is 439 g/mol. The van der Waals surface area contributed by atoms with Crippen LogP contribution >= 0.6 is 0 Å². The van der Waals surface area contributed by atoms with Gasteiger partial charge in [-0.2, -0.15) is 4.72 Å². The number of carbonyl (C=O) groups is 2. The quantitative estimate of drug-likeness (QED) is 0.552. The van der Waals surface area contributed by atoms with Gasteiger partial charge in [-0.05, 0) is 58.7 Å². The van der Waals surface area contributed by atoms with E-state index < -0.39 is 34.0 Å². The lowest BCUT2D eigenvalue weighted by Gasteiger charge is -2.18. The van der Waals surface area contributed by atoms with Crippen LogP contribution in [0.3, 0.4) is 0 Å². The number of rotatable bonds is 7. The number of ether oxygens (including phenoxy) is 1. The number of aryl methyl sites for hydroxylation is 3. The van der Waals surface area contributed by atoms with E-state index in [1.165, 1.54) is 27.7 Å². The number of hydrogen-bond donors (Lipinski definition) is 3. The third-order valence-electron chi connectivity index (χ3n) is 4.50. The maximum atomic E-state index is 12.5. The normalized spacial score (nSPS) is 13.4. The van der Waals surface area contributed by atoms with Crippen LogP contribution in [0.4, 0.5) is 0 Å². The van der Waals surface area contributed by atoms with E-state index in [1.807, 2.05) is 26.0 Å². The number of benzene rings is 1. The molecule has 10 nitrogen and oxygen atoms in total. The Morgan fingerprint density at radius 2 is 1.70 bits per heavy atom. The van der Waals surface area contributed by atoms with Gasteiger partial charge >= 0.3 is 0 Å². The van der Waals surface area contributed by atoms with Gasteiger partial charge in [-0.25, -0.2) is 8.42 Å². The van der Waals surface area contributed by atoms with Crippen molar-refractivity contribution in [3.8, 4) is 5.75 Å². The molecule has 0 aliphatic heterocycles. The summed E-state index contributed by atoms with van der Waals surface area (Å²) in [7, 11) is -4.03. The first-order valence-corrected chi connectivity index (χ1v) is 10.7. The van der Waals surface area contributed by atoms with Gasteiger partial charge in [0.1, 0.15) is 16.3 Å². The van der Waals surface area contributed by atoms with Gasteiger partial charge in [0, 0.05) is 0 Å². The van der Waals surface area contributed by atoms with Crippen molar-refractivity contribution < 1.29 is 27.3 Å². The van der Waals surface area contributed by atoms with Crippen LogP contribution in [-0.4, -0.2) is 37.5 Å². The summed E-state index contributed by atoms with van der Waals surface area (Å²) < 4.78 is 37.6. The number of nitrogens with one attached hydrogen (secondary N) is 3. The third kappa shape index (κ3) is 5.36. The molecule has 3 N–H and O–H groups in total. The Bertz CT molecular complexity index is 1030. The highest BCUT2D eigenvalue weighted by molar-refractivity contribution is 7.89. The van der Waals surface area contributed by atoms with Gasteiger partial charge in [-0.15, -0.1) is 0 Å². The van der Waals surface area contributed by atoms with E-state index in [0.29, 0.717) is 5.75 Å². The number of sulfonamides is 1. The van der Waals surface area contributed by atoms with Crippen molar-refractivity contribution in [3.63, 3.8) is 0 Å². The molecule has 2 amide bonds. The molecule has 0 saturated carbocycles. The Labute approximate surface area is 175 Å². The van der Waals surface area contributed by atoms with E-state index in [9.17, 15) is 18.0 Å². The Morgan fingerprint density at radius 1 is 1.07 bits per heavy atom. The fraction of sp³-hybridized carbons (Fsp3) is 0.421.